The highest BCUT2D eigenvalue weighted by Crippen LogP contribution is 1.96. The van der Waals surface area contributed by atoms with Gasteiger partial charge in [-0.1, -0.05) is 0 Å². The number of nitrogens with one attached hydrogen (secondary N) is 2. The smallest absolute Gasteiger partial charge is 0.221 e. The fraction of sp³-hybridized carbons (Fsp3) is 0.444. The third-order valence-corrected chi connectivity index (χ3v) is 1.60. The van der Waals surface area contributed by atoms with E-state index in [1.54, 1.807) is 18.6 Å². The number of carbonyl (C=O) groups is 1. The van der Waals surface area contributed by atoms with Crippen LogP contribution in [0.15, 0.2) is 18.6 Å². The molecular formula is C9H14N4O. The molecule has 1 aromatic heterocycles. The molecular weight excluding hydrogens is 180 g/mol. The molecule has 0 aliphatic heterocycles. The molecule has 0 atom stereocenters. The highest BCUT2D eigenvalue weighted by Gasteiger charge is 1.98. The summed E-state index contributed by atoms with van der Waals surface area (Å²) in [6.07, 6.45) is 5.28. The Morgan fingerprint density at radius 2 is 2.36 bits per heavy atom. The number of nitrogens with zero attached hydrogens (tertiary/aromatic N) is 2. The Morgan fingerprint density at radius 1 is 1.50 bits per heavy atom. The van der Waals surface area contributed by atoms with Crippen molar-refractivity contribution in [3.63, 3.8) is 0 Å². The van der Waals surface area contributed by atoms with Crippen molar-refractivity contribution >= 4 is 11.7 Å². The molecule has 0 radical (unpaired) electrons. The second-order valence-electron chi connectivity index (χ2n) is 2.72. The van der Waals surface area contributed by atoms with E-state index >= 15 is 0 Å². The molecule has 1 aromatic rings. The van der Waals surface area contributed by atoms with E-state index in [-0.39, 0.29) is 5.91 Å². The summed E-state index contributed by atoms with van der Waals surface area (Å²) in [6.45, 7) is 3.14. The number of aromatic nitrogens is 2. The van der Waals surface area contributed by atoms with Crippen LogP contribution in [0.4, 0.5) is 5.82 Å². The normalized spacial score (nSPS) is 9.50. The molecule has 1 rings (SSSR count). The summed E-state index contributed by atoms with van der Waals surface area (Å²) in [5, 5.41) is 5.72. The number of anilines is 1. The first kappa shape index (κ1) is 10.4. The van der Waals surface area contributed by atoms with Crippen LogP contribution in [0.2, 0.25) is 0 Å². The van der Waals surface area contributed by atoms with Crippen molar-refractivity contribution in [2.24, 2.45) is 0 Å². The zero-order valence-corrected chi connectivity index (χ0v) is 8.16. The topological polar surface area (TPSA) is 66.9 Å². The zero-order valence-electron chi connectivity index (χ0n) is 8.16. The van der Waals surface area contributed by atoms with Gasteiger partial charge in [0.1, 0.15) is 5.82 Å². The van der Waals surface area contributed by atoms with Crippen LogP contribution < -0.4 is 10.6 Å². The molecule has 0 saturated carbocycles. The maximum absolute atomic E-state index is 11.0. The molecule has 1 heterocycles. The van der Waals surface area contributed by atoms with Crippen LogP contribution in [-0.2, 0) is 4.79 Å². The second-order valence-corrected chi connectivity index (χ2v) is 2.72. The van der Waals surface area contributed by atoms with E-state index in [0.717, 1.165) is 0 Å². The summed E-state index contributed by atoms with van der Waals surface area (Å²) < 4.78 is 0. The van der Waals surface area contributed by atoms with Crippen LogP contribution >= 0.6 is 0 Å². The number of carbonyl (C=O) groups excluding carboxylic acids is 1. The molecule has 1 amide bonds. The van der Waals surface area contributed by atoms with Gasteiger partial charge in [-0.15, -0.1) is 0 Å². The van der Waals surface area contributed by atoms with Gasteiger partial charge >= 0.3 is 0 Å². The summed E-state index contributed by atoms with van der Waals surface area (Å²) in [7, 11) is 0. The van der Waals surface area contributed by atoms with E-state index in [9.17, 15) is 4.79 Å². The molecule has 0 bridgehead atoms. The molecule has 76 valence electrons. The summed E-state index contributed by atoms with van der Waals surface area (Å²) in [5.74, 6) is 0.737. The average molecular weight is 194 g/mol. The molecule has 0 spiro atoms. The Morgan fingerprint density at radius 3 is 3.00 bits per heavy atom. The van der Waals surface area contributed by atoms with Gasteiger partial charge < -0.3 is 10.6 Å². The maximum atomic E-state index is 11.0. The van der Waals surface area contributed by atoms with Crippen molar-refractivity contribution in [1.29, 1.82) is 0 Å². The van der Waals surface area contributed by atoms with Gasteiger partial charge in [0.15, 0.2) is 0 Å². The predicted molar refractivity (Wildman–Crippen MR) is 53.8 cm³/mol. The van der Waals surface area contributed by atoms with Gasteiger partial charge in [-0.2, -0.15) is 0 Å². The Balaban J connectivity index is 2.19. The summed E-state index contributed by atoms with van der Waals surface area (Å²) in [6, 6.07) is 0. The van der Waals surface area contributed by atoms with Crippen molar-refractivity contribution in [2.45, 2.75) is 13.3 Å². The molecule has 0 fully saturated rings. The molecule has 0 saturated heterocycles. The van der Waals surface area contributed by atoms with Gasteiger partial charge in [0.25, 0.3) is 0 Å². The van der Waals surface area contributed by atoms with Gasteiger partial charge in [-0.3, -0.25) is 9.78 Å². The van der Waals surface area contributed by atoms with Gasteiger partial charge in [-0.05, 0) is 6.92 Å². The third-order valence-electron chi connectivity index (χ3n) is 1.60. The highest BCUT2D eigenvalue weighted by atomic mass is 16.1. The quantitative estimate of drug-likeness (QED) is 0.712. The van der Waals surface area contributed by atoms with E-state index in [0.29, 0.717) is 25.3 Å². The Kier molecular flexibility index (Phi) is 4.40. The van der Waals surface area contributed by atoms with Crippen LogP contribution in [0.1, 0.15) is 13.3 Å². The molecule has 14 heavy (non-hydrogen) atoms. The van der Waals surface area contributed by atoms with Gasteiger partial charge in [0, 0.05) is 31.9 Å². The first-order valence-corrected chi connectivity index (χ1v) is 4.59. The van der Waals surface area contributed by atoms with Crippen molar-refractivity contribution in [1.82, 2.24) is 15.3 Å². The monoisotopic (exact) mass is 194 g/mol. The summed E-state index contributed by atoms with van der Waals surface area (Å²) in [5.41, 5.74) is 0. The largest absolute Gasteiger partial charge is 0.368 e. The molecule has 0 aromatic carbocycles. The fourth-order valence-electron chi connectivity index (χ4n) is 0.980. The standard InChI is InChI=1S/C9H14N4O/c1-2-11-9(14)3-4-12-8-7-10-5-6-13-8/h5-7H,2-4H2,1H3,(H,11,14)(H,12,13). The number of amides is 1. The first-order valence-electron chi connectivity index (χ1n) is 4.59. The van der Waals surface area contributed by atoms with E-state index < -0.39 is 0 Å². The second kappa shape index (κ2) is 5.90. The lowest BCUT2D eigenvalue weighted by atomic mass is 10.4. The lowest BCUT2D eigenvalue weighted by Gasteiger charge is -2.04. The Bertz CT molecular complexity index is 275. The average Bonchev–Trinajstić information content (AvgIpc) is 2.20. The number of rotatable bonds is 5. The van der Waals surface area contributed by atoms with E-state index in [4.69, 9.17) is 0 Å². The van der Waals surface area contributed by atoms with Gasteiger partial charge in [-0.25, -0.2) is 4.98 Å². The highest BCUT2D eigenvalue weighted by molar-refractivity contribution is 5.76. The van der Waals surface area contributed by atoms with Gasteiger partial charge in [0.2, 0.25) is 5.91 Å². The molecule has 2 N–H and O–H groups in total. The van der Waals surface area contributed by atoms with Crippen LogP contribution in [0.3, 0.4) is 0 Å². The van der Waals surface area contributed by atoms with Crippen molar-refractivity contribution in [3.05, 3.63) is 18.6 Å². The summed E-state index contributed by atoms with van der Waals surface area (Å²) in [4.78, 5) is 19.0. The molecule has 0 aliphatic carbocycles. The molecule has 0 aliphatic rings. The first-order chi connectivity index (χ1) is 6.83. The van der Waals surface area contributed by atoms with E-state index in [1.807, 2.05) is 6.92 Å². The lowest BCUT2D eigenvalue weighted by Crippen LogP contribution is -2.24. The van der Waals surface area contributed by atoms with Crippen LogP contribution in [0.25, 0.3) is 0 Å². The number of hydrogen-bond donors (Lipinski definition) is 2. The third kappa shape index (κ3) is 3.84. The summed E-state index contributed by atoms with van der Waals surface area (Å²) >= 11 is 0. The van der Waals surface area contributed by atoms with Crippen molar-refractivity contribution in [2.75, 3.05) is 18.4 Å². The Labute approximate surface area is 83.0 Å². The van der Waals surface area contributed by atoms with Crippen molar-refractivity contribution in [3.8, 4) is 0 Å². The van der Waals surface area contributed by atoms with E-state index in [1.165, 1.54) is 0 Å². The van der Waals surface area contributed by atoms with Crippen molar-refractivity contribution < 1.29 is 4.79 Å². The maximum Gasteiger partial charge on any atom is 0.221 e. The lowest BCUT2D eigenvalue weighted by molar-refractivity contribution is -0.120. The van der Waals surface area contributed by atoms with Crippen LogP contribution in [-0.4, -0.2) is 29.0 Å². The minimum absolute atomic E-state index is 0.0453. The molecule has 5 nitrogen and oxygen atoms in total. The minimum atomic E-state index is 0.0453. The SMILES string of the molecule is CCNC(=O)CCNc1cnccn1. The fourth-order valence-corrected chi connectivity index (χ4v) is 0.980. The van der Waals surface area contributed by atoms with Gasteiger partial charge in [0.05, 0.1) is 6.20 Å². The zero-order chi connectivity index (χ0) is 10.2. The molecule has 5 heteroatoms. The predicted octanol–water partition coefficient (Wildman–Crippen LogP) is 0.415. The Hall–Kier alpha value is -1.65. The number of hydrogen-bond acceptors (Lipinski definition) is 4. The molecule has 0 unspecified atom stereocenters. The van der Waals surface area contributed by atoms with E-state index in [2.05, 4.69) is 20.6 Å². The van der Waals surface area contributed by atoms with Crippen LogP contribution in [0, 0.1) is 0 Å². The van der Waals surface area contributed by atoms with Crippen LogP contribution in [0.5, 0.6) is 0 Å². The minimum Gasteiger partial charge on any atom is -0.368 e.